The van der Waals surface area contributed by atoms with E-state index in [9.17, 15) is 15.3 Å². The summed E-state index contributed by atoms with van der Waals surface area (Å²) in [7, 11) is 10.3. The van der Waals surface area contributed by atoms with E-state index < -0.39 is 0 Å². The summed E-state index contributed by atoms with van der Waals surface area (Å²) in [6.07, 6.45) is 0.141. The third-order valence-electron chi connectivity index (χ3n) is 4.96. The van der Waals surface area contributed by atoms with Crippen LogP contribution in [0.1, 0.15) is 11.4 Å². The van der Waals surface area contributed by atoms with Crippen molar-refractivity contribution in [1.82, 2.24) is 15.0 Å². The van der Waals surface area contributed by atoms with Crippen LogP contribution in [0, 0.1) is 21.3 Å². The van der Waals surface area contributed by atoms with Crippen molar-refractivity contribution >= 4 is 23.3 Å². The van der Waals surface area contributed by atoms with Crippen molar-refractivity contribution in [1.29, 1.82) is 0 Å². The van der Waals surface area contributed by atoms with Crippen LogP contribution < -0.4 is 24.8 Å². The monoisotopic (exact) mass is 1290 g/mol. The number of hydrogen-bond acceptors (Lipinski definition) is 11. The van der Waals surface area contributed by atoms with Crippen molar-refractivity contribution in [2.45, 2.75) is 6.42 Å². The van der Waals surface area contributed by atoms with Crippen LogP contribution in [0.15, 0.2) is 54.6 Å². The Morgan fingerprint density at radius 1 is 0.590 bits per heavy atom. The molecular weight excluding hydrogens is 1270 g/mol. The molecule has 0 amide bonds. The van der Waals surface area contributed by atoms with E-state index in [0.29, 0.717) is 34.2 Å². The van der Waals surface area contributed by atoms with Crippen LogP contribution >= 0.6 is 0 Å². The molecule has 0 fully saturated rings. The first-order chi connectivity index (χ1) is 17.4. The number of hydrogen-bond donors (Lipinski definition) is 5. The number of anilines is 4. The summed E-state index contributed by atoms with van der Waals surface area (Å²) in [5.41, 5.74) is 1.28. The van der Waals surface area contributed by atoms with Gasteiger partial charge in [0.15, 0.2) is 0 Å². The Kier molecular flexibility index (Phi) is 8.93. The van der Waals surface area contributed by atoms with E-state index in [2.05, 4.69) is 46.9 Å². The van der Waals surface area contributed by atoms with Crippen LogP contribution in [0.5, 0.6) is 34.5 Å². The average molecular weight is 1290 g/mol. The van der Waals surface area contributed by atoms with Gasteiger partial charge in [-0.25, -0.2) is 0 Å². The number of aromatic nitrogens is 3. The molecule has 3 aromatic carbocycles. The van der Waals surface area contributed by atoms with E-state index in [4.69, 9.17) is 14.2 Å². The molecule has 0 radical (unpaired) electrons. The Morgan fingerprint density at radius 2 is 1.00 bits per heavy atom. The Bertz CT molecular complexity index is 1220. The predicted octanol–water partition coefficient (Wildman–Crippen LogP) is 4.58. The summed E-state index contributed by atoms with van der Waals surface area (Å²) in [6.45, 7) is 0. The van der Waals surface area contributed by atoms with Crippen molar-refractivity contribution in [2.24, 2.45) is 0 Å². The standard InChI is InChI=1S/C25H22N5O6.3Rf/c1-34-20-7-4-15(31)10-14(20)11-23-28-24(26-18-12-16(32)5-8-21(18)35-2)30-25(29-23)27-19-13-17(33)6-9-22(19)36-3;;;/h4-10,12-13,31-33H,1-3,11H2,(H2,26,27,28,29,30);;;/q-3;;;. The Labute approximate surface area is 207 Å². The summed E-state index contributed by atoms with van der Waals surface area (Å²) < 4.78 is 15.3. The molecular formula is C25H22N5O6Rf3-3. The van der Waals surface area contributed by atoms with E-state index >= 15 is 0 Å². The van der Waals surface area contributed by atoms with E-state index in [1.54, 1.807) is 6.07 Å². The maximum atomic E-state index is 9.94. The second-order valence-corrected chi connectivity index (χ2v) is 7.41. The van der Waals surface area contributed by atoms with Gasteiger partial charge >= 0.3 is 0 Å². The van der Waals surface area contributed by atoms with E-state index in [0.717, 1.165) is 0 Å². The summed E-state index contributed by atoms with van der Waals surface area (Å²) in [6, 6.07) is 13.4. The van der Waals surface area contributed by atoms with Gasteiger partial charge in [-0.3, -0.25) is 0 Å². The molecule has 0 saturated carbocycles. The van der Waals surface area contributed by atoms with Gasteiger partial charge in [0.05, 0.1) is 17.1 Å². The summed E-state index contributed by atoms with van der Waals surface area (Å²) in [5, 5.41) is 35.7. The molecule has 0 saturated heterocycles. The SMILES string of the molecule is [CH2-]Oc1ccc(O)cc1Cc1nc(Nc2cc(O)ccc2O[CH2-])nc(Nc2cc(O)ccc2O[CH2-])n1.[Rf].[Rf].[Rf]. The smallest absolute Gasteiger partial charge is 0.232 e. The van der Waals surface area contributed by atoms with Gasteiger partial charge in [0.2, 0.25) is 11.9 Å². The first-order valence-corrected chi connectivity index (χ1v) is 10.4. The number of phenolic OH excluding ortho intramolecular Hbond substituents is 3. The zero-order valence-electron chi connectivity index (χ0n) is 21.1. The molecule has 0 aliphatic heterocycles. The number of nitrogens with zero attached hydrogens (tertiary/aromatic N) is 3. The largest absolute Gasteiger partial charge is 0.665 e. The summed E-state index contributed by atoms with van der Waals surface area (Å²) in [4.78, 5) is 13.3. The molecule has 11 nitrogen and oxygen atoms in total. The molecule has 4 aromatic rings. The number of phenols is 3. The van der Waals surface area contributed by atoms with Crippen molar-refractivity contribution in [3.8, 4) is 34.5 Å². The van der Waals surface area contributed by atoms with E-state index in [-0.39, 0.29) is 41.4 Å². The maximum Gasteiger partial charge on any atom is 0.232 e. The van der Waals surface area contributed by atoms with Crippen LogP contribution in [0.4, 0.5) is 23.3 Å². The number of ether oxygens (including phenoxy) is 3. The van der Waals surface area contributed by atoms with Crippen LogP contribution in [-0.2, 0) is 6.42 Å². The van der Waals surface area contributed by atoms with Crippen LogP contribution in [-0.4, -0.2) is 30.3 Å². The minimum atomic E-state index is -0.0140. The van der Waals surface area contributed by atoms with Crippen molar-refractivity contribution < 1.29 is 29.5 Å². The topological polar surface area (TPSA) is 151 Å². The van der Waals surface area contributed by atoms with Gasteiger partial charge in [-0.05, 0) is 42.5 Å². The Hall–Kier alpha value is -7.93. The second-order valence-electron chi connectivity index (χ2n) is 7.41. The molecule has 39 heavy (non-hydrogen) atoms. The molecule has 0 aliphatic rings. The molecule has 1 aromatic heterocycles. The molecule has 0 bridgehead atoms. The van der Waals surface area contributed by atoms with Gasteiger partial charge in [0.25, 0.3) is 0 Å². The van der Waals surface area contributed by atoms with E-state index in [1.165, 1.54) is 48.5 Å². The van der Waals surface area contributed by atoms with Crippen LogP contribution in [0.3, 0.4) is 0 Å². The van der Waals surface area contributed by atoms with Gasteiger partial charge in [0, 0.05) is 24.1 Å². The number of benzene rings is 3. The van der Waals surface area contributed by atoms with Gasteiger partial charge in [-0.15, -0.1) is 0 Å². The zero-order valence-corrected chi connectivity index (χ0v) is 40.3. The fourth-order valence-corrected chi connectivity index (χ4v) is 3.35. The molecule has 4 rings (SSSR count). The first kappa shape index (κ1) is 29.1. The minimum Gasteiger partial charge on any atom is -0.665 e. The first-order valence-electron chi connectivity index (χ1n) is 10.4. The maximum absolute atomic E-state index is 9.94. The molecule has 14 heteroatoms. The molecule has 0 unspecified atom stereocenters. The Balaban J connectivity index is 0.00000253. The van der Waals surface area contributed by atoms with Gasteiger partial charge in [-0.1, -0.05) is 0 Å². The molecule has 0 spiro atoms. The van der Waals surface area contributed by atoms with Gasteiger partial charge in [0.1, 0.15) is 34.6 Å². The van der Waals surface area contributed by atoms with Crippen LogP contribution in [0.25, 0.3) is 0 Å². The van der Waals surface area contributed by atoms with Gasteiger partial charge in [-0.2, -0.15) is 36.3 Å². The second kappa shape index (κ2) is 12.0. The molecule has 0 atom stereocenters. The number of aromatic hydroxyl groups is 3. The van der Waals surface area contributed by atoms with Crippen molar-refractivity contribution in [3.63, 3.8) is 0 Å². The number of rotatable bonds is 9. The predicted molar refractivity (Wildman–Crippen MR) is 131 cm³/mol. The normalized spacial score (nSPS) is 9.72. The fraction of sp³-hybridized carbons (Fsp3) is 0.0400. The number of nitrogens with one attached hydrogen (secondary N) is 2. The summed E-state index contributed by atoms with van der Waals surface area (Å²) in [5.74, 6) is 1.59. The van der Waals surface area contributed by atoms with Gasteiger partial charge < -0.3 is 40.2 Å². The fourth-order valence-electron chi connectivity index (χ4n) is 3.35. The Morgan fingerprint density at radius 3 is 1.44 bits per heavy atom. The zero-order chi connectivity index (χ0) is 25.7. The summed E-state index contributed by atoms with van der Waals surface area (Å²) >= 11 is 0. The molecule has 0 aliphatic carbocycles. The van der Waals surface area contributed by atoms with Crippen molar-refractivity contribution in [3.05, 3.63) is 87.3 Å². The quantitative estimate of drug-likeness (QED) is 0.150. The molecule has 192 valence electrons. The van der Waals surface area contributed by atoms with Crippen LogP contribution in [0.2, 0.25) is 0 Å². The average Bonchev–Trinajstić information content (AvgIpc) is 2.84. The molecule has 1 heterocycles. The molecule has 5 N–H and O–H groups in total. The minimum absolute atomic E-state index is 0. The van der Waals surface area contributed by atoms with E-state index in [1.807, 2.05) is 0 Å². The third kappa shape index (κ3) is 6.35. The third-order valence-corrected chi connectivity index (χ3v) is 4.96. The van der Waals surface area contributed by atoms with Crippen molar-refractivity contribution in [2.75, 3.05) is 10.6 Å².